The van der Waals surface area contributed by atoms with Crippen molar-refractivity contribution in [1.82, 2.24) is 4.98 Å². The van der Waals surface area contributed by atoms with Gasteiger partial charge in [0.2, 0.25) is 0 Å². The fourth-order valence-corrected chi connectivity index (χ4v) is 4.06. The molecule has 1 aromatic heterocycles. The molecule has 1 amide bonds. The van der Waals surface area contributed by atoms with Crippen LogP contribution >= 0.6 is 11.3 Å². The summed E-state index contributed by atoms with van der Waals surface area (Å²) in [4.78, 5) is 31.1. The van der Waals surface area contributed by atoms with Gasteiger partial charge in [-0.1, -0.05) is 12.1 Å². The van der Waals surface area contributed by atoms with E-state index in [1.165, 1.54) is 17.4 Å². The molecule has 4 rings (SSSR count). The summed E-state index contributed by atoms with van der Waals surface area (Å²) < 4.78 is 11.6. The zero-order chi connectivity index (χ0) is 21.6. The molecule has 31 heavy (non-hydrogen) atoms. The van der Waals surface area contributed by atoms with Crippen LogP contribution in [-0.4, -0.2) is 49.3 Å². The van der Waals surface area contributed by atoms with Crippen LogP contribution in [0.5, 0.6) is 0 Å². The van der Waals surface area contributed by atoms with Gasteiger partial charge in [-0.2, -0.15) is 0 Å². The predicted molar refractivity (Wildman–Crippen MR) is 122 cm³/mol. The largest absolute Gasteiger partial charge is 0.449 e. The van der Waals surface area contributed by atoms with Gasteiger partial charge in [-0.3, -0.25) is 4.79 Å². The number of aromatic nitrogens is 1. The summed E-state index contributed by atoms with van der Waals surface area (Å²) in [5.74, 6) is -0.981. The number of para-hydroxylation sites is 1. The Hall–Kier alpha value is -3.23. The molecule has 2 aromatic carbocycles. The van der Waals surface area contributed by atoms with E-state index < -0.39 is 12.1 Å². The van der Waals surface area contributed by atoms with Crippen molar-refractivity contribution in [2.45, 2.75) is 13.0 Å². The van der Waals surface area contributed by atoms with E-state index in [2.05, 4.69) is 15.2 Å². The summed E-state index contributed by atoms with van der Waals surface area (Å²) >= 11 is 1.48. The highest BCUT2D eigenvalue weighted by Crippen LogP contribution is 2.22. The number of rotatable bonds is 6. The zero-order valence-electron chi connectivity index (χ0n) is 17.1. The van der Waals surface area contributed by atoms with E-state index in [0.29, 0.717) is 10.7 Å². The minimum Gasteiger partial charge on any atom is -0.449 e. The highest BCUT2D eigenvalue weighted by Gasteiger charge is 2.17. The predicted octanol–water partition coefficient (Wildman–Crippen LogP) is 3.72. The Labute approximate surface area is 184 Å². The van der Waals surface area contributed by atoms with Crippen LogP contribution in [0, 0.1) is 0 Å². The van der Waals surface area contributed by atoms with Crippen LogP contribution in [0.3, 0.4) is 0 Å². The first-order chi connectivity index (χ1) is 15.1. The van der Waals surface area contributed by atoms with Crippen LogP contribution in [-0.2, 0) is 19.1 Å². The van der Waals surface area contributed by atoms with Gasteiger partial charge in [0.1, 0.15) is 5.01 Å². The van der Waals surface area contributed by atoms with Crippen LogP contribution in [0.15, 0.2) is 54.6 Å². The molecule has 0 radical (unpaired) electrons. The summed E-state index contributed by atoms with van der Waals surface area (Å²) in [6.07, 6.45) is 1.96. The van der Waals surface area contributed by atoms with Gasteiger partial charge in [-0.05, 0) is 49.4 Å². The van der Waals surface area contributed by atoms with E-state index in [9.17, 15) is 9.59 Å². The number of amides is 1. The second-order valence-corrected chi connectivity index (χ2v) is 8.13. The SMILES string of the molecule is CC(OC(=O)/C=C/c1nc2ccccc2s1)C(=O)Nc1ccc(N2CCOCC2)cc1. The highest BCUT2D eigenvalue weighted by atomic mass is 32.1. The molecule has 1 unspecified atom stereocenters. The lowest BCUT2D eigenvalue weighted by molar-refractivity contribution is -0.148. The van der Waals surface area contributed by atoms with Crippen molar-refractivity contribution in [3.8, 4) is 0 Å². The smallest absolute Gasteiger partial charge is 0.331 e. The topological polar surface area (TPSA) is 80.8 Å². The van der Waals surface area contributed by atoms with Gasteiger partial charge in [0.15, 0.2) is 6.10 Å². The number of ether oxygens (including phenoxy) is 2. The van der Waals surface area contributed by atoms with Crippen molar-refractivity contribution >= 4 is 50.9 Å². The normalized spacial score (nSPS) is 15.2. The van der Waals surface area contributed by atoms with E-state index in [1.54, 1.807) is 13.0 Å². The van der Waals surface area contributed by atoms with E-state index in [0.717, 1.165) is 42.2 Å². The van der Waals surface area contributed by atoms with Crippen LogP contribution < -0.4 is 10.2 Å². The Bertz CT molecular complexity index is 1050. The first-order valence-electron chi connectivity index (χ1n) is 10.1. The lowest BCUT2D eigenvalue weighted by Gasteiger charge is -2.28. The number of fused-ring (bicyclic) bond motifs is 1. The van der Waals surface area contributed by atoms with Crippen molar-refractivity contribution in [1.29, 1.82) is 0 Å². The van der Waals surface area contributed by atoms with Gasteiger partial charge < -0.3 is 19.7 Å². The molecule has 160 valence electrons. The molecule has 0 aliphatic carbocycles. The lowest BCUT2D eigenvalue weighted by atomic mass is 10.2. The number of thiazole rings is 1. The van der Waals surface area contributed by atoms with E-state index >= 15 is 0 Å². The molecule has 1 N–H and O–H groups in total. The quantitative estimate of drug-likeness (QED) is 0.468. The van der Waals surface area contributed by atoms with Crippen LogP contribution in [0.1, 0.15) is 11.9 Å². The molecule has 0 saturated carbocycles. The lowest BCUT2D eigenvalue weighted by Crippen LogP contribution is -2.36. The molecule has 1 atom stereocenters. The maximum atomic E-state index is 12.4. The summed E-state index contributed by atoms with van der Waals surface area (Å²) in [5, 5.41) is 3.48. The summed E-state index contributed by atoms with van der Waals surface area (Å²) in [7, 11) is 0. The maximum absolute atomic E-state index is 12.4. The number of benzene rings is 2. The third-order valence-electron chi connectivity index (χ3n) is 4.85. The number of esters is 1. The Morgan fingerprint density at radius 3 is 2.65 bits per heavy atom. The van der Waals surface area contributed by atoms with Crippen molar-refractivity contribution in [2.75, 3.05) is 36.5 Å². The molecule has 0 spiro atoms. The average molecular weight is 438 g/mol. The Balaban J connectivity index is 1.29. The monoisotopic (exact) mass is 437 g/mol. The maximum Gasteiger partial charge on any atom is 0.331 e. The standard InChI is InChI=1S/C23H23N3O4S/c1-16(30-22(27)11-10-21-25-19-4-2-3-5-20(19)31-21)23(28)24-17-6-8-18(9-7-17)26-12-14-29-15-13-26/h2-11,16H,12-15H2,1H3,(H,24,28)/b11-10+. The molecule has 1 saturated heterocycles. The minimum atomic E-state index is -0.925. The molecule has 1 aliphatic rings. The zero-order valence-corrected chi connectivity index (χ0v) is 17.9. The minimum absolute atomic E-state index is 0.388. The summed E-state index contributed by atoms with van der Waals surface area (Å²) in [5.41, 5.74) is 2.61. The number of carbonyl (C=O) groups is 2. The van der Waals surface area contributed by atoms with Gasteiger partial charge in [0, 0.05) is 30.5 Å². The molecular weight excluding hydrogens is 414 g/mol. The second-order valence-electron chi connectivity index (χ2n) is 7.07. The van der Waals surface area contributed by atoms with Crippen molar-refractivity contribution in [2.24, 2.45) is 0 Å². The number of hydrogen-bond donors (Lipinski definition) is 1. The Morgan fingerprint density at radius 2 is 1.90 bits per heavy atom. The van der Waals surface area contributed by atoms with Crippen molar-refractivity contribution < 1.29 is 19.1 Å². The van der Waals surface area contributed by atoms with Crippen LogP contribution in [0.2, 0.25) is 0 Å². The van der Waals surface area contributed by atoms with Gasteiger partial charge in [0.05, 0.1) is 23.4 Å². The Kier molecular flexibility index (Phi) is 6.59. The highest BCUT2D eigenvalue weighted by molar-refractivity contribution is 7.19. The third-order valence-corrected chi connectivity index (χ3v) is 5.85. The van der Waals surface area contributed by atoms with E-state index in [1.807, 2.05) is 48.5 Å². The van der Waals surface area contributed by atoms with Crippen molar-refractivity contribution in [3.63, 3.8) is 0 Å². The third kappa shape index (κ3) is 5.48. The van der Waals surface area contributed by atoms with Gasteiger partial charge in [-0.15, -0.1) is 11.3 Å². The fourth-order valence-electron chi connectivity index (χ4n) is 3.19. The summed E-state index contributed by atoms with van der Waals surface area (Å²) in [6.45, 7) is 4.68. The number of hydrogen-bond acceptors (Lipinski definition) is 7. The molecular formula is C23H23N3O4S. The van der Waals surface area contributed by atoms with E-state index in [4.69, 9.17) is 9.47 Å². The number of carbonyl (C=O) groups excluding carboxylic acids is 2. The Morgan fingerprint density at radius 1 is 1.16 bits per heavy atom. The number of nitrogens with zero attached hydrogens (tertiary/aromatic N) is 2. The molecule has 1 fully saturated rings. The molecule has 2 heterocycles. The number of anilines is 2. The molecule has 3 aromatic rings. The van der Waals surface area contributed by atoms with Crippen molar-refractivity contribution in [3.05, 3.63) is 59.6 Å². The van der Waals surface area contributed by atoms with Gasteiger partial charge in [-0.25, -0.2) is 9.78 Å². The fraction of sp³-hybridized carbons (Fsp3) is 0.261. The molecule has 8 heteroatoms. The average Bonchev–Trinajstić information content (AvgIpc) is 3.22. The molecule has 7 nitrogen and oxygen atoms in total. The second kappa shape index (κ2) is 9.72. The number of nitrogens with one attached hydrogen (secondary N) is 1. The summed E-state index contributed by atoms with van der Waals surface area (Å²) in [6, 6.07) is 15.3. The van der Waals surface area contributed by atoms with Gasteiger partial charge >= 0.3 is 5.97 Å². The van der Waals surface area contributed by atoms with Crippen LogP contribution in [0.4, 0.5) is 11.4 Å². The number of morpholine rings is 1. The van der Waals surface area contributed by atoms with Crippen LogP contribution in [0.25, 0.3) is 16.3 Å². The van der Waals surface area contributed by atoms with Gasteiger partial charge in [0.25, 0.3) is 5.91 Å². The molecule has 0 bridgehead atoms. The van der Waals surface area contributed by atoms with E-state index in [-0.39, 0.29) is 5.91 Å². The first-order valence-corrected chi connectivity index (χ1v) is 10.9. The molecule has 1 aliphatic heterocycles. The first kappa shape index (κ1) is 21.0.